The third-order valence-corrected chi connectivity index (χ3v) is 3.77. The first-order valence-electron chi connectivity index (χ1n) is 7.19. The molecule has 0 amide bonds. The summed E-state index contributed by atoms with van der Waals surface area (Å²) in [6, 6.07) is 27.2. The van der Waals surface area contributed by atoms with Crippen molar-refractivity contribution in [3.8, 4) is 0 Å². The van der Waals surface area contributed by atoms with Crippen LogP contribution in [0.4, 0.5) is 0 Å². The van der Waals surface area contributed by atoms with Crippen LogP contribution in [-0.4, -0.2) is 11.1 Å². The fraction of sp³-hybridized carbons (Fsp3) is 0.0500. The van der Waals surface area contributed by atoms with Gasteiger partial charge in [-0.3, -0.25) is 0 Å². The molecule has 3 aromatic rings. The summed E-state index contributed by atoms with van der Waals surface area (Å²) in [5.74, 6) is -0.984. The highest BCUT2D eigenvalue weighted by molar-refractivity contribution is 5.90. The topological polar surface area (TPSA) is 37.3 Å². The molecule has 0 bridgehead atoms. The molecule has 0 unspecified atom stereocenters. The lowest BCUT2D eigenvalue weighted by molar-refractivity contribution is 0.0695. The molecule has 2 heteroatoms. The largest absolute Gasteiger partial charge is 0.478 e. The Hall–Kier alpha value is -2.87. The van der Waals surface area contributed by atoms with Crippen LogP contribution >= 0.6 is 0 Å². The Labute approximate surface area is 129 Å². The Balaban J connectivity index is 2.21. The molecule has 3 aromatic carbocycles. The van der Waals surface area contributed by atoms with Gasteiger partial charge >= 0.3 is 5.97 Å². The number of benzene rings is 3. The maximum atomic E-state index is 11.6. The van der Waals surface area contributed by atoms with Crippen LogP contribution in [0.15, 0.2) is 84.9 Å². The molecule has 0 heterocycles. The van der Waals surface area contributed by atoms with E-state index in [1.165, 1.54) is 0 Å². The average Bonchev–Trinajstić information content (AvgIpc) is 2.57. The van der Waals surface area contributed by atoms with E-state index in [1.54, 1.807) is 12.1 Å². The van der Waals surface area contributed by atoms with Gasteiger partial charge in [0.05, 0.1) is 5.56 Å². The molecule has 22 heavy (non-hydrogen) atoms. The van der Waals surface area contributed by atoms with Gasteiger partial charge in [0.15, 0.2) is 0 Å². The molecule has 0 aromatic heterocycles. The molecule has 1 N–H and O–H groups in total. The van der Waals surface area contributed by atoms with Crippen molar-refractivity contribution in [2.75, 3.05) is 0 Å². The molecule has 0 spiro atoms. The second-order valence-corrected chi connectivity index (χ2v) is 5.15. The molecule has 0 saturated heterocycles. The quantitative estimate of drug-likeness (QED) is 0.714. The maximum absolute atomic E-state index is 11.6. The van der Waals surface area contributed by atoms with Gasteiger partial charge in [-0.05, 0) is 22.8 Å². The van der Waals surface area contributed by atoms with Crippen LogP contribution < -0.4 is 0 Å². The minimum absolute atomic E-state index is 0.0882. The zero-order valence-electron chi connectivity index (χ0n) is 12.0. The molecule has 0 fully saturated rings. The van der Waals surface area contributed by atoms with Crippen LogP contribution in [0.2, 0.25) is 0 Å². The Morgan fingerprint density at radius 3 is 1.64 bits per heavy atom. The Morgan fingerprint density at radius 1 is 0.682 bits per heavy atom. The zero-order chi connectivity index (χ0) is 15.4. The zero-order valence-corrected chi connectivity index (χ0v) is 12.0. The minimum Gasteiger partial charge on any atom is -0.478 e. The van der Waals surface area contributed by atoms with Gasteiger partial charge in [0, 0.05) is 5.92 Å². The van der Waals surface area contributed by atoms with E-state index in [9.17, 15) is 9.90 Å². The first kappa shape index (κ1) is 14.1. The summed E-state index contributed by atoms with van der Waals surface area (Å²) in [7, 11) is 0. The Kier molecular flexibility index (Phi) is 4.01. The lowest BCUT2D eigenvalue weighted by atomic mass is 9.83. The fourth-order valence-electron chi connectivity index (χ4n) is 2.79. The van der Waals surface area contributed by atoms with E-state index in [4.69, 9.17) is 0 Å². The smallest absolute Gasteiger partial charge is 0.335 e. The van der Waals surface area contributed by atoms with Crippen LogP contribution in [0, 0.1) is 0 Å². The van der Waals surface area contributed by atoms with Crippen molar-refractivity contribution in [3.63, 3.8) is 0 Å². The summed E-state index contributed by atoms with van der Waals surface area (Å²) in [6.45, 7) is 0. The van der Waals surface area contributed by atoms with Crippen molar-refractivity contribution in [2.45, 2.75) is 5.92 Å². The van der Waals surface area contributed by atoms with Crippen molar-refractivity contribution < 1.29 is 9.90 Å². The SMILES string of the molecule is O=C(O)c1ccccc1C(c1ccccc1)c1ccccc1. The molecule has 0 radical (unpaired) electrons. The monoisotopic (exact) mass is 288 g/mol. The average molecular weight is 288 g/mol. The molecule has 0 aliphatic heterocycles. The first-order chi connectivity index (χ1) is 10.8. The van der Waals surface area contributed by atoms with E-state index < -0.39 is 5.97 Å². The molecule has 2 nitrogen and oxygen atoms in total. The van der Waals surface area contributed by atoms with Gasteiger partial charge in [0.25, 0.3) is 0 Å². The third kappa shape index (κ3) is 2.77. The predicted molar refractivity (Wildman–Crippen MR) is 87.2 cm³/mol. The molecule has 0 aliphatic rings. The van der Waals surface area contributed by atoms with Crippen molar-refractivity contribution in [3.05, 3.63) is 107 Å². The van der Waals surface area contributed by atoms with Gasteiger partial charge in [0.1, 0.15) is 0 Å². The molecule has 0 saturated carbocycles. The number of carboxylic acid groups (broad SMARTS) is 1. The van der Waals surface area contributed by atoms with Gasteiger partial charge < -0.3 is 5.11 Å². The van der Waals surface area contributed by atoms with Crippen LogP contribution in [0.25, 0.3) is 0 Å². The normalized spacial score (nSPS) is 10.6. The highest BCUT2D eigenvalue weighted by Gasteiger charge is 2.21. The van der Waals surface area contributed by atoms with E-state index in [0.717, 1.165) is 16.7 Å². The summed E-state index contributed by atoms with van der Waals surface area (Å²) in [4.78, 5) is 11.6. The summed E-state index contributed by atoms with van der Waals surface area (Å²) in [6.07, 6.45) is 0. The first-order valence-corrected chi connectivity index (χ1v) is 7.19. The Bertz CT molecular complexity index is 724. The van der Waals surface area contributed by atoms with Crippen LogP contribution in [0.5, 0.6) is 0 Å². The second kappa shape index (κ2) is 6.27. The van der Waals surface area contributed by atoms with E-state index in [-0.39, 0.29) is 5.92 Å². The number of hydrogen-bond donors (Lipinski definition) is 1. The van der Waals surface area contributed by atoms with Gasteiger partial charge in [-0.15, -0.1) is 0 Å². The number of aromatic carboxylic acids is 1. The highest BCUT2D eigenvalue weighted by atomic mass is 16.4. The van der Waals surface area contributed by atoms with E-state index in [2.05, 4.69) is 0 Å². The van der Waals surface area contributed by atoms with Crippen LogP contribution in [0.1, 0.15) is 33.0 Å². The number of carbonyl (C=O) groups is 1. The maximum Gasteiger partial charge on any atom is 0.335 e. The Morgan fingerprint density at radius 2 is 1.14 bits per heavy atom. The second-order valence-electron chi connectivity index (χ2n) is 5.15. The van der Waals surface area contributed by atoms with Gasteiger partial charge in [-0.2, -0.15) is 0 Å². The molecule has 3 rings (SSSR count). The minimum atomic E-state index is -0.896. The van der Waals surface area contributed by atoms with E-state index >= 15 is 0 Å². The molecular weight excluding hydrogens is 272 g/mol. The van der Waals surface area contributed by atoms with Gasteiger partial charge in [0.2, 0.25) is 0 Å². The molecule has 108 valence electrons. The van der Waals surface area contributed by atoms with Gasteiger partial charge in [-0.25, -0.2) is 4.79 Å². The third-order valence-electron chi connectivity index (χ3n) is 3.77. The predicted octanol–water partition coefficient (Wildman–Crippen LogP) is 4.57. The van der Waals surface area contributed by atoms with E-state index in [0.29, 0.717) is 5.56 Å². The van der Waals surface area contributed by atoms with Crippen LogP contribution in [0.3, 0.4) is 0 Å². The molecule has 0 aliphatic carbocycles. The number of rotatable bonds is 4. The number of carboxylic acids is 1. The highest BCUT2D eigenvalue weighted by Crippen LogP contribution is 2.33. The van der Waals surface area contributed by atoms with Crippen molar-refractivity contribution in [1.82, 2.24) is 0 Å². The summed E-state index contributed by atoms with van der Waals surface area (Å²) < 4.78 is 0. The summed E-state index contributed by atoms with van der Waals surface area (Å²) in [5.41, 5.74) is 3.33. The summed E-state index contributed by atoms with van der Waals surface area (Å²) >= 11 is 0. The number of hydrogen-bond acceptors (Lipinski definition) is 1. The lowest BCUT2D eigenvalue weighted by Gasteiger charge is -2.20. The standard InChI is InChI=1S/C20H16O2/c21-20(22)18-14-8-7-13-17(18)19(15-9-3-1-4-10-15)16-11-5-2-6-12-16/h1-14,19H,(H,21,22). The van der Waals surface area contributed by atoms with E-state index in [1.807, 2.05) is 72.8 Å². The van der Waals surface area contributed by atoms with Crippen molar-refractivity contribution >= 4 is 5.97 Å². The summed E-state index contributed by atoms with van der Waals surface area (Å²) in [5, 5.41) is 9.51. The lowest BCUT2D eigenvalue weighted by Crippen LogP contribution is -2.10. The molecular formula is C20H16O2. The van der Waals surface area contributed by atoms with Gasteiger partial charge in [-0.1, -0.05) is 78.9 Å². The molecule has 0 atom stereocenters. The van der Waals surface area contributed by atoms with Crippen LogP contribution in [-0.2, 0) is 0 Å². The fourth-order valence-corrected chi connectivity index (χ4v) is 2.79. The van der Waals surface area contributed by atoms with Crippen molar-refractivity contribution in [2.24, 2.45) is 0 Å². The van der Waals surface area contributed by atoms with Crippen molar-refractivity contribution in [1.29, 1.82) is 0 Å².